The van der Waals surface area contributed by atoms with Gasteiger partial charge in [-0.3, -0.25) is 10.1 Å². The first-order valence-electron chi connectivity index (χ1n) is 5.07. The first kappa shape index (κ1) is 11.4. The molecule has 0 aromatic heterocycles. The molecule has 0 aliphatic rings. The van der Waals surface area contributed by atoms with E-state index in [0.717, 1.165) is 30.4 Å². The van der Waals surface area contributed by atoms with Gasteiger partial charge in [-0.2, -0.15) is 0 Å². The van der Waals surface area contributed by atoms with Gasteiger partial charge < -0.3 is 0 Å². The molecule has 1 aromatic carbocycles. The number of nitro groups is 1. The summed E-state index contributed by atoms with van der Waals surface area (Å²) in [6, 6.07) is 6.56. The van der Waals surface area contributed by atoms with Crippen molar-refractivity contribution in [2.45, 2.75) is 26.2 Å². The van der Waals surface area contributed by atoms with Crippen molar-refractivity contribution in [3.63, 3.8) is 0 Å². The molecule has 0 aliphatic heterocycles. The van der Waals surface area contributed by atoms with E-state index in [1.807, 2.05) is 0 Å². The highest BCUT2D eigenvalue weighted by Gasteiger charge is 2.05. The van der Waals surface area contributed by atoms with Crippen LogP contribution in [0.1, 0.15) is 31.7 Å². The molecule has 0 heterocycles. The van der Waals surface area contributed by atoms with Crippen LogP contribution < -0.4 is 0 Å². The highest BCUT2D eigenvalue weighted by Crippen LogP contribution is 2.21. The molecule has 3 nitrogen and oxygen atoms in total. The van der Waals surface area contributed by atoms with E-state index in [2.05, 4.69) is 13.5 Å². The van der Waals surface area contributed by atoms with Gasteiger partial charge in [0.25, 0.3) is 5.69 Å². The topological polar surface area (TPSA) is 43.1 Å². The monoisotopic (exact) mass is 205 g/mol. The summed E-state index contributed by atoms with van der Waals surface area (Å²) in [6.07, 6.45) is 3.19. The first-order valence-corrected chi connectivity index (χ1v) is 5.07. The maximum absolute atomic E-state index is 10.4. The molecule has 0 aliphatic carbocycles. The Labute approximate surface area is 89.6 Å². The molecule has 0 spiro atoms. The molecule has 0 bridgehead atoms. The van der Waals surface area contributed by atoms with Crippen LogP contribution in [-0.2, 0) is 0 Å². The number of non-ortho nitro benzene ring substituents is 1. The van der Waals surface area contributed by atoms with Crippen LogP contribution in [0.15, 0.2) is 30.8 Å². The third-order valence-corrected chi connectivity index (χ3v) is 2.32. The van der Waals surface area contributed by atoms with Crippen molar-refractivity contribution in [3.8, 4) is 0 Å². The third kappa shape index (κ3) is 3.20. The summed E-state index contributed by atoms with van der Waals surface area (Å²) < 4.78 is 0. The molecule has 0 atom stereocenters. The van der Waals surface area contributed by atoms with Crippen LogP contribution in [-0.4, -0.2) is 4.92 Å². The van der Waals surface area contributed by atoms with Crippen LogP contribution in [0, 0.1) is 10.1 Å². The lowest BCUT2D eigenvalue weighted by atomic mass is 10.0. The van der Waals surface area contributed by atoms with Gasteiger partial charge in [0.05, 0.1) is 4.92 Å². The van der Waals surface area contributed by atoms with Gasteiger partial charge >= 0.3 is 0 Å². The molecule has 0 unspecified atom stereocenters. The Balaban J connectivity index is 2.71. The maximum Gasteiger partial charge on any atom is 0.269 e. The van der Waals surface area contributed by atoms with Crippen molar-refractivity contribution in [1.82, 2.24) is 0 Å². The Bertz CT molecular complexity index is 354. The van der Waals surface area contributed by atoms with Gasteiger partial charge in [-0.25, -0.2) is 0 Å². The van der Waals surface area contributed by atoms with E-state index in [4.69, 9.17) is 0 Å². The van der Waals surface area contributed by atoms with Gasteiger partial charge in [-0.1, -0.05) is 19.9 Å². The molecule has 80 valence electrons. The number of hydrogen-bond donors (Lipinski definition) is 0. The van der Waals surface area contributed by atoms with Crippen LogP contribution in [0.5, 0.6) is 0 Å². The molecule has 1 aromatic rings. The van der Waals surface area contributed by atoms with E-state index in [9.17, 15) is 10.1 Å². The number of rotatable bonds is 5. The summed E-state index contributed by atoms with van der Waals surface area (Å²) in [7, 11) is 0. The standard InChI is InChI=1S/C12H15NO2/c1-3-4-5-10(2)11-6-8-12(9-7-11)13(14)15/h6-9H,2-5H2,1H3. The Morgan fingerprint density at radius 1 is 1.40 bits per heavy atom. The SMILES string of the molecule is C=C(CCCC)c1ccc([N+](=O)[O-])cc1. The largest absolute Gasteiger partial charge is 0.269 e. The Morgan fingerprint density at radius 2 is 2.00 bits per heavy atom. The molecule has 0 radical (unpaired) electrons. The van der Waals surface area contributed by atoms with Crippen molar-refractivity contribution in [1.29, 1.82) is 0 Å². The fraction of sp³-hybridized carbons (Fsp3) is 0.333. The van der Waals surface area contributed by atoms with Crippen LogP contribution in [0.3, 0.4) is 0 Å². The number of benzene rings is 1. The van der Waals surface area contributed by atoms with Gasteiger partial charge in [0.2, 0.25) is 0 Å². The van der Waals surface area contributed by atoms with Crippen molar-refractivity contribution in [2.75, 3.05) is 0 Å². The summed E-state index contributed by atoms with van der Waals surface area (Å²) in [6.45, 7) is 6.10. The second-order valence-electron chi connectivity index (χ2n) is 3.51. The second kappa shape index (κ2) is 5.29. The zero-order chi connectivity index (χ0) is 11.3. The highest BCUT2D eigenvalue weighted by atomic mass is 16.6. The van der Waals surface area contributed by atoms with Gasteiger partial charge in [0.15, 0.2) is 0 Å². The molecule has 15 heavy (non-hydrogen) atoms. The summed E-state index contributed by atoms with van der Waals surface area (Å²) in [5.41, 5.74) is 2.17. The molecule has 0 N–H and O–H groups in total. The van der Waals surface area contributed by atoms with Gasteiger partial charge in [0, 0.05) is 12.1 Å². The normalized spacial score (nSPS) is 9.93. The number of hydrogen-bond acceptors (Lipinski definition) is 2. The number of unbranched alkanes of at least 4 members (excludes halogenated alkanes) is 1. The summed E-state index contributed by atoms with van der Waals surface area (Å²) in [5.74, 6) is 0. The molecule has 0 amide bonds. The highest BCUT2D eigenvalue weighted by molar-refractivity contribution is 5.64. The zero-order valence-electron chi connectivity index (χ0n) is 8.90. The lowest BCUT2D eigenvalue weighted by molar-refractivity contribution is -0.384. The van der Waals surface area contributed by atoms with E-state index in [-0.39, 0.29) is 5.69 Å². The minimum absolute atomic E-state index is 0.127. The van der Waals surface area contributed by atoms with Crippen molar-refractivity contribution in [2.24, 2.45) is 0 Å². The molecule has 1 rings (SSSR count). The van der Waals surface area contributed by atoms with Gasteiger partial charge in [-0.15, -0.1) is 0 Å². The third-order valence-electron chi connectivity index (χ3n) is 2.32. The molecule has 0 saturated carbocycles. The fourth-order valence-electron chi connectivity index (χ4n) is 1.35. The Morgan fingerprint density at radius 3 is 2.47 bits per heavy atom. The van der Waals surface area contributed by atoms with Gasteiger partial charge in [0.1, 0.15) is 0 Å². The van der Waals surface area contributed by atoms with E-state index in [1.54, 1.807) is 12.1 Å². The van der Waals surface area contributed by atoms with Crippen molar-refractivity contribution < 1.29 is 4.92 Å². The van der Waals surface area contributed by atoms with Crippen LogP contribution in [0.2, 0.25) is 0 Å². The summed E-state index contributed by atoms with van der Waals surface area (Å²) in [4.78, 5) is 10.0. The Hall–Kier alpha value is -1.64. The Kier molecular flexibility index (Phi) is 4.03. The molecular weight excluding hydrogens is 190 g/mol. The summed E-state index contributed by atoms with van der Waals surface area (Å²) >= 11 is 0. The average molecular weight is 205 g/mol. The molecule has 3 heteroatoms. The van der Waals surface area contributed by atoms with E-state index in [1.165, 1.54) is 12.1 Å². The number of allylic oxidation sites excluding steroid dienone is 1. The van der Waals surface area contributed by atoms with Crippen LogP contribution in [0.4, 0.5) is 5.69 Å². The average Bonchev–Trinajstić information content (AvgIpc) is 2.26. The minimum Gasteiger partial charge on any atom is -0.258 e. The zero-order valence-corrected chi connectivity index (χ0v) is 8.90. The number of nitrogens with zero attached hydrogens (tertiary/aromatic N) is 1. The predicted molar refractivity (Wildman–Crippen MR) is 61.7 cm³/mol. The first-order chi connectivity index (χ1) is 7.15. The molecular formula is C12H15NO2. The smallest absolute Gasteiger partial charge is 0.258 e. The molecule has 0 saturated heterocycles. The van der Waals surface area contributed by atoms with E-state index < -0.39 is 4.92 Å². The lowest BCUT2D eigenvalue weighted by Gasteiger charge is -2.04. The van der Waals surface area contributed by atoms with Crippen LogP contribution in [0.25, 0.3) is 5.57 Å². The fourth-order valence-corrected chi connectivity index (χ4v) is 1.35. The summed E-state index contributed by atoms with van der Waals surface area (Å²) in [5, 5.41) is 10.4. The van der Waals surface area contributed by atoms with Crippen molar-refractivity contribution in [3.05, 3.63) is 46.5 Å². The molecule has 0 fully saturated rings. The van der Waals surface area contributed by atoms with Crippen molar-refractivity contribution >= 4 is 11.3 Å². The quantitative estimate of drug-likeness (QED) is 0.542. The number of nitro benzene ring substituents is 1. The van der Waals surface area contributed by atoms with E-state index >= 15 is 0 Å². The second-order valence-corrected chi connectivity index (χ2v) is 3.51. The maximum atomic E-state index is 10.4. The van der Waals surface area contributed by atoms with Gasteiger partial charge in [-0.05, 0) is 36.1 Å². The van der Waals surface area contributed by atoms with Crippen LogP contribution >= 0.6 is 0 Å². The lowest BCUT2D eigenvalue weighted by Crippen LogP contribution is -1.88. The predicted octanol–water partition coefficient (Wildman–Crippen LogP) is 3.80. The minimum atomic E-state index is -0.390. The van der Waals surface area contributed by atoms with E-state index in [0.29, 0.717) is 0 Å².